The van der Waals surface area contributed by atoms with Crippen LogP contribution in [-0.4, -0.2) is 52.4 Å². The standard InChI is InChI=1S/C27H33N3O4/c1-27(2,3)34-26(31)29(4)19-7-8-22-20(15-19)21-13-18(16-28-25(21)30(22)5)12-17-6-9-23-24(14-17)33-11-10-32-23/h6,9,13-14,16,19H,7-8,10-12,15H2,1-5H3. The highest BCUT2D eigenvalue weighted by Crippen LogP contribution is 2.34. The van der Waals surface area contributed by atoms with Crippen LogP contribution in [0.25, 0.3) is 11.0 Å². The Bertz CT molecular complexity index is 1240. The Morgan fingerprint density at radius 1 is 1.18 bits per heavy atom. The van der Waals surface area contributed by atoms with Crippen LogP contribution in [0.3, 0.4) is 0 Å². The van der Waals surface area contributed by atoms with Gasteiger partial charge < -0.3 is 23.7 Å². The van der Waals surface area contributed by atoms with E-state index in [9.17, 15) is 4.79 Å². The zero-order valence-corrected chi connectivity index (χ0v) is 20.7. The van der Waals surface area contributed by atoms with Crippen molar-refractivity contribution in [3.63, 3.8) is 0 Å². The molecule has 2 aromatic heterocycles. The first-order valence-electron chi connectivity index (χ1n) is 12.0. The molecule has 1 amide bonds. The molecule has 0 spiro atoms. The largest absolute Gasteiger partial charge is 0.486 e. The zero-order chi connectivity index (χ0) is 24.0. The Morgan fingerprint density at radius 3 is 2.71 bits per heavy atom. The molecule has 5 rings (SSSR count). The quantitative estimate of drug-likeness (QED) is 0.565. The number of amides is 1. The van der Waals surface area contributed by atoms with Crippen LogP contribution in [0.4, 0.5) is 4.79 Å². The summed E-state index contributed by atoms with van der Waals surface area (Å²) in [6, 6.07) is 8.49. The lowest BCUT2D eigenvalue weighted by atomic mass is 9.90. The normalized spacial score (nSPS) is 17.4. The van der Waals surface area contributed by atoms with Crippen molar-refractivity contribution < 1.29 is 19.0 Å². The summed E-state index contributed by atoms with van der Waals surface area (Å²) in [5.74, 6) is 1.61. The fraction of sp³-hybridized carbons (Fsp3) is 0.481. The lowest BCUT2D eigenvalue weighted by Gasteiger charge is -2.33. The maximum absolute atomic E-state index is 12.7. The Balaban J connectivity index is 1.41. The predicted octanol–water partition coefficient (Wildman–Crippen LogP) is 4.66. The van der Waals surface area contributed by atoms with Gasteiger partial charge in [0.25, 0.3) is 0 Å². The highest BCUT2D eigenvalue weighted by atomic mass is 16.6. The topological polar surface area (TPSA) is 65.8 Å². The van der Waals surface area contributed by atoms with Gasteiger partial charge in [0.1, 0.15) is 24.5 Å². The second-order valence-corrected chi connectivity index (χ2v) is 10.3. The van der Waals surface area contributed by atoms with E-state index in [1.54, 1.807) is 4.90 Å². The first-order chi connectivity index (χ1) is 16.2. The second kappa shape index (κ2) is 8.53. The summed E-state index contributed by atoms with van der Waals surface area (Å²) in [6.45, 7) is 6.88. The lowest BCUT2D eigenvalue weighted by molar-refractivity contribution is 0.0210. The van der Waals surface area contributed by atoms with Crippen molar-refractivity contribution >= 4 is 17.1 Å². The highest BCUT2D eigenvalue weighted by molar-refractivity contribution is 5.83. The maximum Gasteiger partial charge on any atom is 0.410 e. The van der Waals surface area contributed by atoms with Crippen LogP contribution in [0.1, 0.15) is 49.6 Å². The Morgan fingerprint density at radius 2 is 1.94 bits per heavy atom. The summed E-state index contributed by atoms with van der Waals surface area (Å²) in [6.07, 6.45) is 5.10. The monoisotopic (exact) mass is 463 g/mol. The molecule has 1 aliphatic heterocycles. The minimum absolute atomic E-state index is 0.106. The number of aromatic nitrogens is 2. The van der Waals surface area contributed by atoms with Crippen LogP contribution >= 0.6 is 0 Å². The van der Waals surface area contributed by atoms with E-state index in [4.69, 9.17) is 19.2 Å². The number of ether oxygens (including phenoxy) is 3. The van der Waals surface area contributed by atoms with Crippen molar-refractivity contribution in [1.29, 1.82) is 0 Å². The molecule has 1 unspecified atom stereocenters. The van der Waals surface area contributed by atoms with Crippen LogP contribution < -0.4 is 9.47 Å². The minimum atomic E-state index is -0.503. The number of aryl methyl sites for hydroxylation is 1. The number of likely N-dealkylation sites (N-methyl/N-ethyl adjacent to an activating group) is 1. The first kappa shape index (κ1) is 22.6. The Labute approximate surface area is 200 Å². The van der Waals surface area contributed by atoms with Crippen molar-refractivity contribution in [3.8, 4) is 11.5 Å². The molecule has 0 saturated heterocycles. The number of fused-ring (bicyclic) bond motifs is 4. The molecule has 1 aliphatic carbocycles. The van der Waals surface area contributed by atoms with E-state index in [1.165, 1.54) is 16.6 Å². The summed E-state index contributed by atoms with van der Waals surface area (Å²) in [5, 5.41) is 1.18. The molecule has 0 saturated carbocycles. The number of pyridine rings is 1. The average molecular weight is 464 g/mol. The third kappa shape index (κ3) is 4.31. The van der Waals surface area contributed by atoms with Gasteiger partial charge in [-0.1, -0.05) is 6.07 Å². The van der Waals surface area contributed by atoms with Crippen LogP contribution in [0.2, 0.25) is 0 Å². The molecule has 0 radical (unpaired) electrons. The number of carbonyl (C=O) groups excluding carboxylic acids is 1. The van der Waals surface area contributed by atoms with Gasteiger partial charge in [0.05, 0.1) is 0 Å². The maximum atomic E-state index is 12.7. The van der Waals surface area contributed by atoms with Gasteiger partial charge in [-0.2, -0.15) is 0 Å². The number of nitrogens with zero attached hydrogens (tertiary/aromatic N) is 3. The molecule has 180 valence electrons. The molecule has 0 N–H and O–H groups in total. The zero-order valence-electron chi connectivity index (χ0n) is 20.7. The molecule has 2 aliphatic rings. The fourth-order valence-corrected chi connectivity index (χ4v) is 5.01. The van der Waals surface area contributed by atoms with E-state index in [0.717, 1.165) is 54.0 Å². The highest BCUT2D eigenvalue weighted by Gasteiger charge is 2.31. The molecular weight excluding hydrogens is 430 g/mol. The van der Waals surface area contributed by atoms with Crippen molar-refractivity contribution in [1.82, 2.24) is 14.5 Å². The van der Waals surface area contributed by atoms with Crippen molar-refractivity contribution in [2.24, 2.45) is 7.05 Å². The first-order valence-corrected chi connectivity index (χ1v) is 12.0. The van der Waals surface area contributed by atoms with Gasteiger partial charge in [-0.15, -0.1) is 0 Å². The van der Waals surface area contributed by atoms with Crippen LogP contribution in [0.15, 0.2) is 30.5 Å². The fourth-order valence-electron chi connectivity index (χ4n) is 5.01. The minimum Gasteiger partial charge on any atom is -0.486 e. The summed E-state index contributed by atoms with van der Waals surface area (Å²) in [4.78, 5) is 19.3. The van der Waals surface area contributed by atoms with E-state index < -0.39 is 5.60 Å². The molecule has 1 atom stereocenters. The number of rotatable bonds is 3. The number of benzene rings is 1. The smallest absolute Gasteiger partial charge is 0.410 e. The van der Waals surface area contributed by atoms with E-state index in [1.807, 2.05) is 40.1 Å². The summed E-state index contributed by atoms with van der Waals surface area (Å²) in [5.41, 5.74) is 5.42. The van der Waals surface area contributed by atoms with Gasteiger partial charge in [0.2, 0.25) is 0 Å². The number of carbonyl (C=O) groups is 1. The Hall–Kier alpha value is -3.22. The number of hydrogen-bond donors (Lipinski definition) is 0. The second-order valence-electron chi connectivity index (χ2n) is 10.3. The average Bonchev–Trinajstić information content (AvgIpc) is 3.08. The van der Waals surface area contributed by atoms with Gasteiger partial charge >= 0.3 is 6.09 Å². The predicted molar refractivity (Wildman–Crippen MR) is 131 cm³/mol. The van der Waals surface area contributed by atoms with E-state index >= 15 is 0 Å². The molecule has 3 heterocycles. The van der Waals surface area contributed by atoms with Crippen molar-refractivity contribution in [2.45, 2.75) is 58.1 Å². The van der Waals surface area contributed by atoms with Gasteiger partial charge in [-0.3, -0.25) is 0 Å². The molecule has 0 bridgehead atoms. The van der Waals surface area contributed by atoms with Gasteiger partial charge in [-0.25, -0.2) is 9.78 Å². The van der Waals surface area contributed by atoms with Gasteiger partial charge in [0, 0.05) is 37.4 Å². The SMILES string of the molecule is CN(C(=O)OC(C)(C)C)C1CCc2c(c3cc(Cc4ccc5c(c4)OCCO5)cnc3n2C)C1. The summed E-state index contributed by atoms with van der Waals surface area (Å²) in [7, 11) is 3.94. The van der Waals surface area contributed by atoms with Crippen molar-refractivity contribution in [2.75, 3.05) is 20.3 Å². The summed E-state index contributed by atoms with van der Waals surface area (Å²) < 4.78 is 19.2. The van der Waals surface area contributed by atoms with E-state index in [0.29, 0.717) is 13.2 Å². The molecule has 7 heteroatoms. The van der Waals surface area contributed by atoms with Crippen LogP contribution in [0.5, 0.6) is 11.5 Å². The van der Waals surface area contributed by atoms with E-state index in [-0.39, 0.29) is 12.1 Å². The molecule has 1 aromatic carbocycles. The third-order valence-electron chi connectivity index (χ3n) is 6.72. The molecule has 0 fully saturated rings. The van der Waals surface area contributed by atoms with Crippen LogP contribution in [-0.2, 0) is 31.0 Å². The van der Waals surface area contributed by atoms with E-state index in [2.05, 4.69) is 29.8 Å². The molecule has 3 aromatic rings. The molecule has 7 nitrogen and oxygen atoms in total. The van der Waals surface area contributed by atoms with Gasteiger partial charge in [-0.05, 0) is 81.3 Å². The Kier molecular flexibility index (Phi) is 5.66. The molecule has 34 heavy (non-hydrogen) atoms. The summed E-state index contributed by atoms with van der Waals surface area (Å²) >= 11 is 0. The third-order valence-corrected chi connectivity index (χ3v) is 6.72. The van der Waals surface area contributed by atoms with Gasteiger partial charge in [0.15, 0.2) is 11.5 Å². The number of hydrogen-bond acceptors (Lipinski definition) is 5. The van der Waals surface area contributed by atoms with Crippen molar-refractivity contribution in [3.05, 3.63) is 52.8 Å². The van der Waals surface area contributed by atoms with Crippen LogP contribution in [0, 0.1) is 0 Å². The molecular formula is C27H33N3O4. The lowest BCUT2D eigenvalue weighted by Crippen LogP contribution is -2.43.